The van der Waals surface area contributed by atoms with E-state index in [1.54, 1.807) is 20.8 Å². The first kappa shape index (κ1) is 30.9. The van der Waals surface area contributed by atoms with E-state index in [9.17, 15) is 19.2 Å². The second-order valence-electron chi connectivity index (χ2n) is 11.4. The third-order valence-electron chi connectivity index (χ3n) is 5.51. The van der Waals surface area contributed by atoms with E-state index in [-0.39, 0.29) is 24.8 Å². The Balaban J connectivity index is 3.65. The number of ether oxygens (including phenoxy) is 1. The molecule has 4 amide bonds. The maximum absolute atomic E-state index is 14.1. The first-order valence-corrected chi connectivity index (χ1v) is 12.3. The Morgan fingerprint density at radius 3 is 2.06 bits per heavy atom. The van der Waals surface area contributed by atoms with Gasteiger partial charge in [-0.1, -0.05) is 18.2 Å². The Hall–Kier alpha value is -3.10. The first-order valence-electron chi connectivity index (χ1n) is 12.3. The number of amides is 4. The number of primary amides is 1. The number of nitrogens with one attached hydrogen (secondary N) is 2. The Morgan fingerprint density at radius 1 is 1.00 bits per heavy atom. The summed E-state index contributed by atoms with van der Waals surface area (Å²) in [6.07, 6.45) is -0.962. The smallest absolute Gasteiger partial charge is 0.408 e. The number of nitrogens with two attached hydrogens (primary N) is 1. The molecule has 202 valence electrons. The molecular formula is C27H44N4O5. The van der Waals surface area contributed by atoms with Gasteiger partial charge in [-0.2, -0.15) is 0 Å². The molecule has 0 saturated carbocycles. The van der Waals surface area contributed by atoms with Crippen LogP contribution in [-0.4, -0.2) is 51.9 Å². The topological polar surface area (TPSA) is 131 Å². The van der Waals surface area contributed by atoms with Gasteiger partial charge < -0.3 is 26.0 Å². The van der Waals surface area contributed by atoms with Crippen LogP contribution in [0.2, 0.25) is 0 Å². The first-order chi connectivity index (χ1) is 16.3. The van der Waals surface area contributed by atoms with Gasteiger partial charge in [0.05, 0.1) is 0 Å². The number of benzene rings is 1. The van der Waals surface area contributed by atoms with Crippen molar-refractivity contribution in [2.45, 2.75) is 111 Å². The minimum absolute atomic E-state index is 0.0364. The normalized spacial score (nSPS) is 13.5. The molecule has 0 spiro atoms. The Labute approximate surface area is 215 Å². The van der Waals surface area contributed by atoms with Crippen LogP contribution in [0.4, 0.5) is 4.79 Å². The Bertz CT molecular complexity index is 960. The molecule has 0 saturated heterocycles. The molecule has 0 aliphatic rings. The molecule has 0 bridgehead atoms. The third kappa shape index (κ3) is 9.17. The highest BCUT2D eigenvalue weighted by Gasteiger charge is 2.42. The molecule has 0 aliphatic heterocycles. The highest BCUT2D eigenvalue weighted by molar-refractivity contribution is 5.93. The van der Waals surface area contributed by atoms with E-state index in [1.165, 1.54) is 4.90 Å². The Kier molecular flexibility index (Phi) is 10.5. The van der Waals surface area contributed by atoms with Gasteiger partial charge >= 0.3 is 6.09 Å². The van der Waals surface area contributed by atoms with Crippen LogP contribution in [0, 0.1) is 13.8 Å². The molecule has 9 nitrogen and oxygen atoms in total. The number of carbonyl (C=O) groups is 4. The zero-order valence-corrected chi connectivity index (χ0v) is 23.4. The van der Waals surface area contributed by atoms with Crippen LogP contribution in [0.25, 0.3) is 0 Å². The average Bonchev–Trinajstić information content (AvgIpc) is 2.68. The van der Waals surface area contributed by atoms with Crippen LogP contribution in [-0.2, 0) is 19.1 Å². The van der Waals surface area contributed by atoms with Crippen LogP contribution in [0.5, 0.6) is 0 Å². The van der Waals surface area contributed by atoms with Crippen molar-refractivity contribution in [3.63, 3.8) is 0 Å². The van der Waals surface area contributed by atoms with Crippen molar-refractivity contribution >= 4 is 23.8 Å². The minimum atomic E-state index is -1.13. The summed E-state index contributed by atoms with van der Waals surface area (Å²) in [5, 5.41) is 5.54. The zero-order chi connectivity index (χ0) is 28.0. The van der Waals surface area contributed by atoms with Crippen molar-refractivity contribution in [3.05, 3.63) is 34.9 Å². The number of hydrogen-bond donors (Lipinski definition) is 3. The summed E-state index contributed by atoms with van der Waals surface area (Å²) < 4.78 is 5.35. The molecule has 1 rings (SSSR count). The molecule has 2 unspecified atom stereocenters. The van der Waals surface area contributed by atoms with E-state index in [1.807, 2.05) is 66.7 Å². The molecule has 9 heteroatoms. The summed E-state index contributed by atoms with van der Waals surface area (Å²) in [5.41, 5.74) is 6.29. The van der Waals surface area contributed by atoms with Gasteiger partial charge in [-0.15, -0.1) is 0 Å². The van der Waals surface area contributed by atoms with Crippen molar-refractivity contribution < 1.29 is 23.9 Å². The maximum Gasteiger partial charge on any atom is 0.408 e. The lowest BCUT2D eigenvalue weighted by Crippen LogP contribution is -2.59. The van der Waals surface area contributed by atoms with Crippen LogP contribution in [0.15, 0.2) is 18.2 Å². The SMILES string of the molecule is Cc1cccc(C(C(=O)NC(C)C)N(C(=O)C(CCC(N)=O)NC(=O)OC(C)(C)C)C(C)(C)C)c1C. The summed E-state index contributed by atoms with van der Waals surface area (Å²) in [6, 6.07) is 3.36. The van der Waals surface area contributed by atoms with Gasteiger partial charge in [0.15, 0.2) is 0 Å². The molecule has 0 aromatic heterocycles. The van der Waals surface area contributed by atoms with E-state index in [0.717, 1.165) is 11.1 Å². The van der Waals surface area contributed by atoms with Crippen molar-refractivity contribution in [1.82, 2.24) is 15.5 Å². The monoisotopic (exact) mass is 504 g/mol. The molecular weight excluding hydrogens is 460 g/mol. The van der Waals surface area contributed by atoms with Gasteiger partial charge in [0, 0.05) is 18.0 Å². The predicted octanol–water partition coefficient (Wildman–Crippen LogP) is 3.66. The maximum atomic E-state index is 14.1. The van der Waals surface area contributed by atoms with Gasteiger partial charge in [-0.05, 0) is 92.3 Å². The van der Waals surface area contributed by atoms with Crippen molar-refractivity contribution in [1.29, 1.82) is 0 Å². The van der Waals surface area contributed by atoms with Gasteiger partial charge in [0.25, 0.3) is 0 Å². The summed E-state index contributed by atoms with van der Waals surface area (Å²) in [5.74, 6) is -1.46. The molecule has 2 atom stereocenters. The number of carbonyl (C=O) groups excluding carboxylic acids is 4. The van der Waals surface area contributed by atoms with Crippen LogP contribution in [0.3, 0.4) is 0 Å². The summed E-state index contributed by atoms with van der Waals surface area (Å²) >= 11 is 0. The highest BCUT2D eigenvalue weighted by Crippen LogP contribution is 2.33. The molecule has 0 heterocycles. The molecule has 1 aromatic rings. The molecule has 0 fully saturated rings. The lowest BCUT2D eigenvalue weighted by Gasteiger charge is -2.43. The standard InChI is InChI=1S/C27H44N4O5/c1-16(2)29-23(33)22(19-13-11-12-17(3)18(19)4)31(26(5,6)7)24(34)20(14-15-21(28)32)30-25(35)36-27(8,9)10/h11-13,16,20,22H,14-15H2,1-10H3,(H2,28,32)(H,29,33)(H,30,35). The van der Waals surface area contributed by atoms with Gasteiger partial charge in [-0.25, -0.2) is 4.79 Å². The lowest BCUT2D eigenvalue weighted by atomic mass is 9.91. The van der Waals surface area contributed by atoms with Gasteiger partial charge in [0.1, 0.15) is 17.7 Å². The summed E-state index contributed by atoms with van der Waals surface area (Å²) in [7, 11) is 0. The molecule has 4 N–H and O–H groups in total. The third-order valence-corrected chi connectivity index (χ3v) is 5.51. The van der Waals surface area contributed by atoms with E-state index < -0.39 is 41.1 Å². The fraction of sp³-hybridized carbons (Fsp3) is 0.630. The van der Waals surface area contributed by atoms with Crippen LogP contribution < -0.4 is 16.4 Å². The van der Waals surface area contributed by atoms with E-state index in [0.29, 0.717) is 5.56 Å². The molecule has 0 radical (unpaired) electrons. The quantitative estimate of drug-likeness (QED) is 0.472. The second kappa shape index (κ2) is 12.2. The largest absolute Gasteiger partial charge is 0.444 e. The summed E-state index contributed by atoms with van der Waals surface area (Å²) in [6.45, 7) is 18.2. The second-order valence-corrected chi connectivity index (χ2v) is 11.4. The Morgan fingerprint density at radius 2 is 1.58 bits per heavy atom. The van der Waals surface area contributed by atoms with Crippen molar-refractivity contribution in [2.24, 2.45) is 5.73 Å². The number of rotatable bonds is 9. The summed E-state index contributed by atoms with van der Waals surface area (Å²) in [4.78, 5) is 53.4. The van der Waals surface area contributed by atoms with Crippen molar-refractivity contribution in [3.8, 4) is 0 Å². The van der Waals surface area contributed by atoms with Crippen LogP contribution in [0.1, 0.15) is 91.0 Å². The molecule has 36 heavy (non-hydrogen) atoms. The van der Waals surface area contributed by atoms with E-state index in [4.69, 9.17) is 10.5 Å². The zero-order valence-electron chi connectivity index (χ0n) is 23.4. The van der Waals surface area contributed by atoms with E-state index >= 15 is 0 Å². The average molecular weight is 505 g/mol. The predicted molar refractivity (Wildman–Crippen MR) is 140 cm³/mol. The molecule has 1 aromatic carbocycles. The number of nitrogens with zero attached hydrogens (tertiary/aromatic N) is 1. The molecule has 0 aliphatic carbocycles. The number of alkyl carbamates (subject to hydrolysis) is 1. The fourth-order valence-corrected chi connectivity index (χ4v) is 3.84. The minimum Gasteiger partial charge on any atom is -0.444 e. The van der Waals surface area contributed by atoms with Crippen molar-refractivity contribution in [2.75, 3.05) is 0 Å². The fourth-order valence-electron chi connectivity index (χ4n) is 3.84. The lowest BCUT2D eigenvalue weighted by molar-refractivity contribution is -0.148. The van der Waals surface area contributed by atoms with Gasteiger partial charge in [0.2, 0.25) is 17.7 Å². The van der Waals surface area contributed by atoms with Gasteiger partial charge in [-0.3, -0.25) is 14.4 Å². The van der Waals surface area contributed by atoms with E-state index in [2.05, 4.69) is 10.6 Å². The van der Waals surface area contributed by atoms with Crippen LogP contribution >= 0.6 is 0 Å². The highest BCUT2D eigenvalue weighted by atomic mass is 16.6. The number of aryl methyl sites for hydroxylation is 1. The number of hydrogen-bond acceptors (Lipinski definition) is 5.